The van der Waals surface area contributed by atoms with Gasteiger partial charge in [-0.1, -0.05) is 49.6 Å². The molecule has 0 radical (unpaired) electrons. The monoisotopic (exact) mass is 438 g/mol. The van der Waals surface area contributed by atoms with Crippen LogP contribution < -0.4 is 0 Å². The summed E-state index contributed by atoms with van der Waals surface area (Å²) in [7, 11) is 3.70. The molecule has 0 spiro atoms. The van der Waals surface area contributed by atoms with Gasteiger partial charge >= 0.3 is 0 Å². The van der Waals surface area contributed by atoms with Crippen LogP contribution in [0.1, 0.15) is 50.5 Å². The first-order chi connectivity index (χ1) is 15.0. The highest BCUT2D eigenvalue weighted by Crippen LogP contribution is 2.38. The molecule has 5 heteroatoms. The number of hydrogen-bond donors (Lipinski definition) is 0. The molecule has 0 N–H and O–H groups in total. The van der Waals surface area contributed by atoms with E-state index >= 15 is 0 Å². The molecule has 0 atom stereocenters. The van der Waals surface area contributed by atoms with E-state index in [0.29, 0.717) is 19.0 Å². The molecule has 2 aliphatic rings. The van der Waals surface area contributed by atoms with Gasteiger partial charge in [-0.15, -0.1) is 11.3 Å². The van der Waals surface area contributed by atoms with Crippen LogP contribution in [0.15, 0.2) is 41.8 Å². The number of likely N-dealkylation sites (tertiary alicyclic amines) is 1. The van der Waals surface area contributed by atoms with Crippen LogP contribution in [0.4, 0.5) is 0 Å². The summed E-state index contributed by atoms with van der Waals surface area (Å²) < 4.78 is 0. The summed E-state index contributed by atoms with van der Waals surface area (Å²) >= 11 is 1.74. The van der Waals surface area contributed by atoms with Crippen LogP contribution in [0.3, 0.4) is 0 Å². The van der Waals surface area contributed by atoms with Crippen molar-refractivity contribution in [3.63, 3.8) is 0 Å². The van der Waals surface area contributed by atoms with Gasteiger partial charge in [0.15, 0.2) is 0 Å². The standard InChI is InChI=1S/C26H34N2O2S/c1-27(2)25(30)26(19-20-10-12-21(13-11-20)23-9-6-18-31-23)14-16-28(17-15-26)24(29)22-7-4-3-5-8-22/h6,9-13,18,22H,3-5,7-8,14-17,19H2,1-2H3. The highest BCUT2D eigenvalue weighted by atomic mass is 32.1. The lowest BCUT2D eigenvalue weighted by atomic mass is 9.72. The Hall–Kier alpha value is -2.14. The van der Waals surface area contributed by atoms with E-state index in [1.807, 2.05) is 19.0 Å². The summed E-state index contributed by atoms with van der Waals surface area (Å²) in [5.74, 6) is 0.723. The fourth-order valence-corrected chi connectivity index (χ4v) is 6.06. The Labute approximate surface area is 190 Å². The van der Waals surface area contributed by atoms with Crippen LogP contribution in [-0.4, -0.2) is 48.8 Å². The minimum atomic E-state index is -0.419. The largest absolute Gasteiger partial charge is 0.348 e. The average Bonchev–Trinajstić information content (AvgIpc) is 3.34. The molecule has 31 heavy (non-hydrogen) atoms. The Balaban J connectivity index is 1.47. The van der Waals surface area contributed by atoms with Crippen LogP contribution in [0.2, 0.25) is 0 Å². The van der Waals surface area contributed by atoms with Crippen LogP contribution in [-0.2, 0) is 16.0 Å². The van der Waals surface area contributed by atoms with Crippen molar-refractivity contribution in [2.75, 3.05) is 27.2 Å². The van der Waals surface area contributed by atoms with Crippen molar-refractivity contribution in [1.29, 1.82) is 0 Å². The molecule has 1 aromatic heterocycles. The number of carbonyl (C=O) groups excluding carboxylic acids is 2. The predicted octanol–water partition coefficient (Wildman–Crippen LogP) is 5.23. The van der Waals surface area contributed by atoms with E-state index in [4.69, 9.17) is 0 Å². The summed E-state index contributed by atoms with van der Waals surface area (Å²) in [4.78, 5) is 31.3. The predicted molar refractivity (Wildman–Crippen MR) is 127 cm³/mol. The molecule has 0 bridgehead atoms. The van der Waals surface area contributed by atoms with Crippen LogP contribution >= 0.6 is 11.3 Å². The second kappa shape index (κ2) is 9.56. The molecule has 1 aliphatic carbocycles. The summed E-state index contributed by atoms with van der Waals surface area (Å²) in [5.41, 5.74) is 2.00. The molecule has 1 aromatic carbocycles. The van der Waals surface area contributed by atoms with E-state index in [1.165, 1.54) is 35.3 Å². The number of thiophene rings is 1. The minimum Gasteiger partial charge on any atom is -0.348 e. The second-order valence-electron chi connectivity index (χ2n) is 9.49. The molecule has 2 aromatic rings. The number of carbonyl (C=O) groups is 2. The molecule has 2 amide bonds. The Morgan fingerprint density at radius 3 is 2.29 bits per heavy atom. The Morgan fingerprint density at radius 2 is 1.71 bits per heavy atom. The third-order valence-corrected chi connectivity index (χ3v) is 8.07. The summed E-state index contributed by atoms with van der Waals surface area (Å²) in [5, 5.41) is 2.09. The van der Waals surface area contributed by atoms with Crippen LogP contribution in [0, 0.1) is 11.3 Å². The third kappa shape index (κ3) is 4.87. The van der Waals surface area contributed by atoms with Crippen LogP contribution in [0.5, 0.6) is 0 Å². The Bertz CT molecular complexity index is 875. The maximum Gasteiger partial charge on any atom is 0.228 e. The number of nitrogens with zero attached hydrogens (tertiary/aromatic N) is 2. The number of piperidine rings is 1. The number of hydrogen-bond acceptors (Lipinski definition) is 3. The number of amides is 2. The summed E-state index contributed by atoms with van der Waals surface area (Å²) in [6.07, 6.45) is 7.91. The van der Waals surface area contributed by atoms with E-state index in [9.17, 15) is 9.59 Å². The highest BCUT2D eigenvalue weighted by molar-refractivity contribution is 7.13. The fraction of sp³-hybridized carbons (Fsp3) is 0.538. The maximum absolute atomic E-state index is 13.3. The molecule has 1 saturated carbocycles. The molecule has 1 aliphatic heterocycles. The van der Waals surface area contributed by atoms with Gasteiger partial charge in [0.2, 0.25) is 11.8 Å². The third-order valence-electron chi connectivity index (χ3n) is 7.15. The van der Waals surface area contributed by atoms with Crippen molar-refractivity contribution in [1.82, 2.24) is 9.80 Å². The van der Waals surface area contributed by atoms with E-state index in [2.05, 4.69) is 41.8 Å². The van der Waals surface area contributed by atoms with Gasteiger partial charge in [0.1, 0.15) is 0 Å². The van der Waals surface area contributed by atoms with Gasteiger partial charge < -0.3 is 9.80 Å². The summed E-state index contributed by atoms with van der Waals surface area (Å²) in [6.45, 7) is 1.39. The molecule has 2 fully saturated rings. The van der Waals surface area contributed by atoms with E-state index in [-0.39, 0.29) is 11.8 Å². The first kappa shape index (κ1) is 22.1. The quantitative estimate of drug-likeness (QED) is 0.641. The van der Waals surface area contributed by atoms with Gasteiger partial charge in [0.25, 0.3) is 0 Å². The molecule has 4 rings (SSSR count). The minimum absolute atomic E-state index is 0.194. The molecule has 166 valence electrons. The van der Waals surface area contributed by atoms with Gasteiger partial charge in [0, 0.05) is 38.0 Å². The Morgan fingerprint density at radius 1 is 1.03 bits per heavy atom. The second-order valence-corrected chi connectivity index (χ2v) is 10.4. The van der Waals surface area contributed by atoms with E-state index in [1.54, 1.807) is 16.2 Å². The van der Waals surface area contributed by atoms with Gasteiger partial charge in [-0.2, -0.15) is 0 Å². The average molecular weight is 439 g/mol. The van der Waals surface area contributed by atoms with Crippen molar-refractivity contribution in [3.8, 4) is 10.4 Å². The zero-order valence-electron chi connectivity index (χ0n) is 18.8. The topological polar surface area (TPSA) is 40.6 Å². The van der Waals surface area contributed by atoms with Gasteiger partial charge in [0.05, 0.1) is 5.41 Å². The Kier molecular flexibility index (Phi) is 6.80. The van der Waals surface area contributed by atoms with Gasteiger partial charge in [-0.25, -0.2) is 0 Å². The lowest BCUT2D eigenvalue weighted by Crippen LogP contribution is -2.52. The SMILES string of the molecule is CN(C)C(=O)C1(Cc2ccc(-c3cccs3)cc2)CCN(C(=O)C2CCCCC2)CC1. The van der Waals surface area contributed by atoms with Crippen molar-refractivity contribution < 1.29 is 9.59 Å². The fourth-order valence-electron chi connectivity index (χ4n) is 5.32. The first-order valence-electron chi connectivity index (χ1n) is 11.6. The van der Waals surface area contributed by atoms with Crippen molar-refractivity contribution in [2.24, 2.45) is 11.3 Å². The van der Waals surface area contributed by atoms with Crippen molar-refractivity contribution in [3.05, 3.63) is 47.3 Å². The lowest BCUT2D eigenvalue weighted by molar-refractivity contribution is -0.148. The van der Waals surface area contributed by atoms with E-state index < -0.39 is 5.41 Å². The van der Waals surface area contributed by atoms with Crippen molar-refractivity contribution >= 4 is 23.2 Å². The highest BCUT2D eigenvalue weighted by Gasteiger charge is 2.43. The van der Waals surface area contributed by atoms with Crippen molar-refractivity contribution in [2.45, 2.75) is 51.4 Å². The smallest absolute Gasteiger partial charge is 0.228 e. The van der Waals surface area contributed by atoms with Gasteiger partial charge in [-0.05, 0) is 54.7 Å². The zero-order valence-corrected chi connectivity index (χ0v) is 19.6. The normalized spacial score (nSPS) is 19.2. The molecular weight excluding hydrogens is 404 g/mol. The molecule has 2 heterocycles. The van der Waals surface area contributed by atoms with Gasteiger partial charge in [-0.3, -0.25) is 9.59 Å². The first-order valence-corrected chi connectivity index (χ1v) is 12.5. The zero-order chi connectivity index (χ0) is 21.8. The van der Waals surface area contributed by atoms with Crippen LogP contribution in [0.25, 0.3) is 10.4 Å². The molecular formula is C26H34N2O2S. The number of rotatable bonds is 5. The summed E-state index contributed by atoms with van der Waals surface area (Å²) in [6, 6.07) is 12.9. The maximum atomic E-state index is 13.3. The molecule has 4 nitrogen and oxygen atoms in total. The molecule has 0 unspecified atom stereocenters. The molecule has 1 saturated heterocycles. The number of benzene rings is 1. The lowest BCUT2D eigenvalue weighted by Gasteiger charge is -2.43. The van der Waals surface area contributed by atoms with E-state index in [0.717, 1.165) is 32.1 Å².